The van der Waals surface area contributed by atoms with Crippen molar-refractivity contribution >= 4 is 23.5 Å². The van der Waals surface area contributed by atoms with E-state index < -0.39 is 54.6 Å². The zero-order chi connectivity index (χ0) is 17.3. The van der Waals surface area contributed by atoms with Crippen molar-refractivity contribution in [2.24, 2.45) is 5.73 Å². The van der Waals surface area contributed by atoms with Crippen LogP contribution in [0, 0.1) is 0 Å². The SMILES string of the molecule is N[C@@H]1O[C@H](COP(=O)(O)OP(=O)(O)OP(=O)(O)O)[C@@H](O)[C@H]1O. The van der Waals surface area contributed by atoms with Crippen molar-refractivity contribution in [3.8, 4) is 0 Å². The van der Waals surface area contributed by atoms with Crippen molar-refractivity contribution in [3.63, 3.8) is 0 Å². The van der Waals surface area contributed by atoms with Gasteiger partial charge in [-0.25, -0.2) is 13.7 Å². The maximum Gasteiger partial charge on any atom is 0.490 e. The van der Waals surface area contributed by atoms with E-state index in [1.165, 1.54) is 0 Å². The third-order valence-electron chi connectivity index (χ3n) is 2.22. The van der Waals surface area contributed by atoms with Gasteiger partial charge in [0.25, 0.3) is 0 Å². The molecule has 0 bridgehead atoms. The number of hydrogen-bond donors (Lipinski definition) is 7. The lowest BCUT2D eigenvalue weighted by Gasteiger charge is -2.18. The van der Waals surface area contributed by atoms with Gasteiger partial charge >= 0.3 is 23.5 Å². The molecule has 1 fully saturated rings. The lowest BCUT2D eigenvalue weighted by atomic mass is 10.1. The minimum atomic E-state index is -5.61. The van der Waals surface area contributed by atoms with E-state index in [2.05, 4.69) is 13.1 Å². The van der Waals surface area contributed by atoms with Gasteiger partial charge in [-0.05, 0) is 0 Å². The lowest BCUT2D eigenvalue weighted by molar-refractivity contribution is -0.0196. The van der Waals surface area contributed by atoms with Gasteiger partial charge in [0.2, 0.25) is 0 Å². The molecule has 132 valence electrons. The average molecular weight is 389 g/mol. The fourth-order valence-corrected chi connectivity index (χ4v) is 4.42. The largest absolute Gasteiger partial charge is 0.490 e. The first-order chi connectivity index (χ1) is 9.72. The summed E-state index contributed by atoms with van der Waals surface area (Å²) >= 11 is 0. The highest BCUT2D eigenvalue weighted by atomic mass is 31.3. The molecule has 14 nitrogen and oxygen atoms in total. The molecule has 6 atom stereocenters. The average Bonchev–Trinajstić information content (AvgIpc) is 2.49. The summed E-state index contributed by atoms with van der Waals surface area (Å²) in [5, 5.41) is 18.7. The first kappa shape index (κ1) is 20.3. The molecule has 8 N–H and O–H groups in total. The Morgan fingerprint density at radius 1 is 0.955 bits per heavy atom. The Hall–Kier alpha value is 0.250. The Balaban J connectivity index is 2.60. The fraction of sp³-hybridized carbons (Fsp3) is 1.00. The number of nitrogens with two attached hydrogens (primary N) is 1. The third kappa shape index (κ3) is 6.40. The molecule has 1 rings (SSSR count). The van der Waals surface area contributed by atoms with Crippen LogP contribution in [0.15, 0.2) is 0 Å². The molecule has 0 aliphatic carbocycles. The molecule has 22 heavy (non-hydrogen) atoms. The van der Waals surface area contributed by atoms with E-state index >= 15 is 0 Å². The summed E-state index contributed by atoms with van der Waals surface area (Å²) in [6, 6.07) is 0. The number of aliphatic hydroxyl groups excluding tert-OH is 2. The molecule has 0 saturated carbocycles. The van der Waals surface area contributed by atoms with Crippen molar-refractivity contribution in [3.05, 3.63) is 0 Å². The lowest BCUT2D eigenvalue weighted by Crippen LogP contribution is -2.37. The van der Waals surface area contributed by atoms with Crippen LogP contribution in [0.3, 0.4) is 0 Å². The van der Waals surface area contributed by atoms with Crippen molar-refractivity contribution in [2.75, 3.05) is 6.61 Å². The normalized spacial score (nSPS) is 35.0. The molecule has 1 aliphatic heterocycles. The standard InChI is InChI=1S/C5H14NO13P3/c6-5-4(8)3(7)2(17-5)1-16-21(12,13)19-22(14,15)18-20(9,10)11/h2-5,7-8H,1,6H2,(H,12,13)(H,14,15)(H2,9,10,11)/t2-,3-,4-,5-/m1/s1. The molecule has 0 spiro atoms. The van der Waals surface area contributed by atoms with Gasteiger partial charge in [-0.15, -0.1) is 0 Å². The van der Waals surface area contributed by atoms with Gasteiger partial charge < -0.3 is 40.3 Å². The molecule has 1 saturated heterocycles. The molecule has 0 aromatic carbocycles. The molecule has 0 amide bonds. The van der Waals surface area contributed by atoms with Gasteiger partial charge in [0, 0.05) is 0 Å². The summed E-state index contributed by atoms with van der Waals surface area (Å²) in [5.74, 6) is 0. The molecular formula is C5H14NO13P3. The molecule has 0 aromatic rings. The monoisotopic (exact) mass is 389 g/mol. The molecule has 2 unspecified atom stereocenters. The van der Waals surface area contributed by atoms with E-state index in [1.54, 1.807) is 0 Å². The zero-order valence-electron chi connectivity index (χ0n) is 10.5. The minimum absolute atomic E-state index is 0.893. The summed E-state index contributed by atoms with van der Waals surface area (Å²) in [7, 11) is -16.4. The van der Waals surface area contributed by atoms with Crippen LogP contribution in [-0.2, 0) is 31.6 Å². The van der Waals surface area contributed by atoms with Crippen LogP contribution >= 0.6 is 23.5 Å². The van der Waals surface area contributed by atoms with Gasteiger partial charge in [-0.2, -0.15) is 8.62 Å². The highest BCUT2D eigenvalue weighted by Gasteiger charge is 2.44. The number of rotatable bonds is 7. The molecule has 0 aromatic heterocycles. The minimum Gasteiger partial charge on any atom is -0.387 e. The second kappa shape index (κ2) is 7.01. The Labute approximate surface area is 122 Å². The topological polar surface area (TPSA) is 236 Å². The predicted molar refractivity (Wildman–Crippen MR) is 64.7 cm³/mol. The summed E-state index contributed by atoms with van der Waals surface area (Å²) < 4.78 is 48.7. The van der Waals surface area contributed by atoms with Crippen molar-refractivity contribution in [2.45, 2.75) is 24.5 Å². The maximum absolute atomic E-state index is 11.4. The van der Waals surface area contributed by atoms with E-state index in [4.69, 9.17) is 30.0 Å². The van der Waals surface area contributed by atoms with Gasteiger partial charge in [-0.1, -0.05) is 0 Å². The van der Waals surface area contributed by atoms with E-state index in [0.717, 1.165) is 0 Å². The number of hydrogen-bond acceptors (Lipinski definition) is 10. The third-order valence-corrected chi connectivity index (χ3v) is 6.02. The van der Waals surface area contributed by atoms with Crippen molar-refractivity contribution in [1.29, 1.82) is 0 Å². The molecule has 0 radical (unpaired) electrons. The van der Waals surface area contributed by atoms with Crippen LogP contribution in [0.25, 0.3) is 0 Å². The smallest absolute Gasteiger partial charge is 0.387 e. The zero-order valence-corrected chi connectivity index (χ0v) is 13.2. The fourth-order valence-electron chi connectivity index (χ4n) is 1.39. The highest BCUT2D eigenvalue weighted by Crippen LogP contribution is 2.66. The van der Waals surface area contributed by atoms with Gasteiger partial charge in [0.1, 0.15) is 24.5 Å². The maximum atomic E-state index is 11.4. The van der Waals surface area contributed by atoms with Gasteiger partial charge in [-0.3, -0.25) is 4.52 Å². The Bertz CT molecular complexity index is 532. The van der Waals surface area contributed by atoms with Gasteiger partial charge in [0.15, 0.2) is 0 Å². The van der Waals surface area contributed by atoms with E-state index in [0.29, 0.717) is 0 Å². The van der Waals surface area contributed by atoms with E-state index in [-0.39, 0.29) is 0 Å². The second-order valence-corrected chi connectivity index (χ2v) is 8.43. The number of aliphatic hydroxyl groups is 2. The summed E-state index contributed by atoms with van der Waals surface area (Å²) in [6.07, 6.45) is -5.70. The number of phosphoric acid groups is 3. The quantitative estimate of drug-likeness (QED) is 0.228. The molecular weight excluding hydrogens is 375 g/mol. The molecule has 17 heteroatoms. The van der Waals surface area contributed by atoms with Crippen LogP contribution in [0.4, 0.5) is 0 Å². The Kier molecular flexibility index (Phi) is 6.47. The van der Waals surface area contributed by atoms with Crippen molar-refractivity contribution in [1.82, 2.24) is 0 Å². The number of ether oxygens (including phenoxy) is 1. The Morgan fingerprint density at radius 3 is 1.91 bits per heavy atom. The van der Waals surface area contributed by atoms with Crippen LogP contribution < -0.4 is 5.73 Å². The summed E-state index contributed by atoms with van der Waals surface area (Å²) in [5.41, 5.74) is 5.23. The van der Waals surface area contributed by atoms with Gasteiger partial charge in [0.05, 0.1) is 6.61 Å². The van der Waals surface area contributed by atoms with Crippen LogP contribution in [0.5, 0.6) is 0 Å². The van der Waals surface area contributed by atoms with Crippen LogP contribution in [0.2, 0.25) is 0 Å². The Morgan fingerprint density at radius 2 is 1.50 bits per heavy atom. The predicted octanol–water partition coefficient (Wildman–Crippen LogP) is -2.26. The second-order valence-electron chi connectivity index (χ2n) is 4.01. The number of phosphoric ester groups is 1. The van der Waals surface area contributed by atoms with E-state index in [9.17, 15) is 23.9 Å². The van der Waals surface area contributed by atoms with E-state index in [1.807, 2.05) is 0 Å². The van der Waals surface area contributed by atoms with Crippen LogP contribution in [-0.4, -0.2) is 60.9 Å². The van der Waals surface area contributed by atoms with Crippen molar-refractivity contribution < 1.29 is 61.4 Å². The first-order valence-electron chi connectivity index (χ1n) is 5.28. The summed E-state index contributed by atoms with van der Waals surface area (Å²) in [6.45, 7) is -0.893. The molecule has 1 aliphatic rings. The highest BCUT2D eigenvalue weighted by molar-refractivity contribution is 7.66. The van der Waals surface area contributed by atoms with Crippen LogP contribution in [0.1, 0.15) is 0 Å². The first-order valence-corrected chi connectivity index (χ1v) is 9.80. The molecule has 1 heterocycles. The summed E-state index contributed by atoms with van der Waals surface area (Å²) in [4.78, 5) is 34.7.